The number of carbonyl (C=O) groups excluding carboxylic acids is 1. The molecule has 5 rings (SSSR count). The zero-order valence-electron chi connectivity index (χ0n) is 16.7. The quantitative estimate of drug-likeness (QED) is 0.672. The van der Waals surface area contributed by atoms with E-state index in [2.05, 4.69) is 5.32 Å². The molecule has 8 heteroatoms. The van der Waals surface area contributed by atoms with Crippen molar-refractivity contribution in [3.63, 3.8) is 0 Å². The Kier molecular flexibility index (Phi) is 4.59. The number of hydrogen-bond acceptors (Lipinski definition) is 5. The second-order valence-electron chi connectivity index (χ2n) is 7.53. The molecule has 7 nitrogen and oxygen atoms in total. The van der Waals surface area contributed by atoms with E-state index in [-0.39, 0.29) is 23.3 Å². The van der Waals surface area contributed by atoms with Gasteiger partial charge < -0.3 is 14.8 Å². The van der Waals surface area contributed by atoms with E-state index in [4.69, 9.17) is 9.47 Å². The third-order valence-corrected chi connectivity index (χ3v) is 7.35. The highest BCUT2D eigenvalue weighted by atomic mass is 32.2. The van der Waals surface area contributed by atoms with Gasteiger partial charge in [-0.15, -0.1) is 0 Å². The molecule has 0 spiro atoms. The summed E-state index contributed by atoms with van der Waals surface area (Å²) in [5.41, 5.74) is 2.46. The minimum absolute atomic E-state index is 0.0781. The molecule has 0 saturated heterocycles. The molecule has 31 heavy (non-hydrogen) atoms. The molecule has 3 aromatic rings. The fourth-order valence-electron chi connectivity index (χ4n) is 3.99. The van der Waals surface area contributed by atoms with Crippen molar-refractivity contribution in [1.82, 2.24) is 0 Å². The largest absolute Gasteiger partial charge is 0.454 e. The summed E-state index contributed by atoms with van der Waals surface area (Å²) in [6.45, 7) is 2.03. The Hall–Kier alpha value is -3.52. The maximum atomic E-state index is 13.4. The van der Waals surface area contributed by atoms with Gasteiger partial charge in [0.15, 0.2) is 11.5 Å². The number of rotatable bonds is 4. The van der Waals surface area contributed by atoms with Gasteiger partial charge in [0.1, 0.15) is 0 Å². The molecule has 2 aliphatic rings. The zero-order valence-corrected chi connectivity index (χ0v) is 17.6. The number of nitrogens with zero attached hydrogens (tertiary/aromatic N) is 1. The third-order valence-electron chi connectivity index (χ3n) is 5.43. The molecule has 0 aliphatic carbocycles. The summed E-state index contributed by atoms with van der Waals surface area (Å²) in [6.07, 6.45) is 0.652. The monoisotopic (exact) mass is 436 g/mol. The summed E-state index contributed by atoms with van der Waals surface area (Å²) in [4.78, 5) is 12.9. The number of nitrogens with one attached hydrogen (secondary N) is 1. The van der Waals surface area contributed by atoms with E-state index >= 15 is 0 Å². The van der Waals surface area contributed by atoms with Crippen LogP contribution in [-0.4, -0.2) is 27.2 Å². The summed E-state index contributed by atoms with van der Waals surface area (Å²) in [5.74, 6) is 0.757. The molecular weight excluding hydrogens is 416 g/mol. The molecular formula is C23H20N2O5S. The topological polar surface area (TPSA) is 84.9 Å². The molecule has 3 aromatic carbocycles. The highest BCUT2D eigenvalue weighted by Crippen LogP contribution is 2.37. The predicted octanol–water partition coefficient (Wildman–Crippen LogP) is 3.81. The molecule has 2 heterocycles. The number of carbonyl (C=O) groups is 1. The minimum Gasteiger partial charge on any atom is -0.454 e. The molecule has 0 fully saturated rings. The van der Waals surface area contributed by atoms with Crippen LogP contribution in [0.2, 0.25) is 0 Å². The van der Waals surface area contributed by atoms with Crippen LogP contribution < -0.4 is 19.1 Å². The van der Waals surface area contributed by atoms with Gasteiger partial charge in [-0.3, -0.25) is 9.10 Å². The number of para-hydroxylation sites is 1. The molecule has 158 valence electrons. The first kappa shape index (κ1) is 19.4. The van der Waals surface area contributed by atoms with Crippen LogP contribution in [-0.2, 0) is 16.4 Å². The Morgan fingerprint density at radius 3 is 2.68 bits per heavy atom. The van der Waals surface area contributed by atoms with Crippen LogP contribution in [0.25, 0.3) is 0 Å². The lowest BCUT2D eigenvalue weighted by atomic mass is 10.1. The van der Waals surface area contributed by atoms with Gasteiger partial charge in [-0.05, 0) is 55.3 Å². The van der Waals surface area contributed by atoms with Gasteiger partial charge in [-0.1, -0.05) is 24.3 Å². The molecule has 1 amide bonds. The van der Waals surface area contributed by atoms with Crippen LogP contribution in [0.1, 0.15) is 22.8 Å². The number of sulfonamides is 1. The average molecular weight is 436 g/mol. The average Bonchev–Trinajstić information content (AvgIpc) is 3.36. The molecule has 1 N–H and O–H groups in total. The highest BCUT2D eigenvalue weighted by molar-refractivity contribution is 7.92. The van der Waals surface area contributed by atoms with E-state index < -0.39 is 15.9 Å². The standard InChI is InChI=1S/C23H20N2O5S/c1-15-11-16-5-2-3-8-20(16)25(15)31(27,28)19-7-4-6-17(12-19)23(26)24-18-9-10-21-22(13-18)30-14-29-21/h2-10,12-13,15H,11,14H2,1H3,(H,24,26). The summed E-state index contributed by atoms with van der Waals surface area (Å²) >= 11 is 0. The van der Waals surface area contributed by atoms with Crippen LogP contribution in [0.3, 0.4) is 0 Å². The maximum Gasteiger partial charge on any atom is 0.264 e. The van der Waals surface area contributed by atoms with Gasteiger partial charge in [0, 0.05) is 23.4 Å². The van der Waals surface area contributed by atoms with Gasteiger partial charge in [-0.2, -0.15) is 0 Å². The highest BCUT2D eigenvalue weighted by Gasteiger charge is 2.36. The fraction of sp³-hybridized carbons (Fsp3) is 0.174. The zero-order chi connectivity index (χ0) is 21.6. The van der Waals surface area contributed by atoms with E-state index in [0.29, 0.717) is 29.3 Å². The lowest BCUT2D eigenvalue weighted by molar-refractivity contribution is 0.102. The number of amides is 1. The summed E-state index contributed by atoms with van der Waals surface area (Å²) in [7, 11) is -3.82. The van der Waals surface area contributed by atoms with Crippen molar-refractivity contribution in [2.24, 2.45) is 0 Å². The number of anilines is 2. The van der Waals surface area contributed by atoms with Crippen molar-refractivity contribution in [2.45, 2.75) is 24.3 Å². The second kappa shape index (κ2) is 7.31. The van der Waals surface area contributed by atoms with Gasteiger partial charge >= 0.3 is 0 Å². The minimum atomic E-state index is -3.82. The first-order valence-corrected chi connectivity index (χ1v) is 11.3. The number of hydrogen-bond donors (Lipinski definition) is 1. The maximum absolute atomic E-state index is 13.4. The normalized spacial score (nSPS) is 16.8. The summed E-state index contributed by atoms with van der Waals surface area (Å²) < 4.78 is 38.9. The summed E-state index contributed by atoms with van der Waals surface area (Å²) in [5, 5.41) is 2.78. The lowest BCUT2D eigenvalue weighted by Gasteiger charge is -2.24. The predicted molar refractivity (Wildman–Crippen MR) is 116 cm³/mol. The van der Waals surface area contributed by atoms with Crippen molar-refractivity contribution in [3.05, 3.63) is 77.9 Å². The fourth-order valence-corrected chi connectivity index (χ4v) is 5.73. The third kappa shape index (κ3) is 3.38. The Morgan fingerprint density at radius 2 is 1.81 bits per heavy atom. The first-order valence-electron chi connectivity index (χ1n) is 9.87. The number of benzene rings is 3. The lowest BCUT2D eigenvalue weighted by Crippen LogP contribution is -2.35. The van der Waals surface area contributed by atoms with E-state index in [1.165, 1.54) is 16.4 Å². The Bertz CT molecular complexity index is 1290. The Labute approximate surface area is 180 Å². The van der Waals surface area contributed by atoms with Gasteiger partial charge in [0.05, 0.1) is 10.6 Å². The molecule has 0 saturated carbocycles. The van der Waals surface area contributed by atoms with E-state index in [1.54, 1.807) is 30.3 Å². The van der Waals surface area contributed by atoms with Crippen molar-refractivity contribution < 1.29 is 22.7 Å². The van der Waals surface area contributed by atoms with E-state index in [0.717, 1.165) is 5.56 Å². The first-order chi connectivity index (χ1) is 14.9. The molecule has 2 aliphatic heterocycles. The number of fused-ring (bicyclic) bond motifs is 2. The molecule has 1 unspecified atom stereocenters. The smallest absolute Gasteiger partial charge is 0.264 e. The molecule has 0 bridgehead atoms. The van der Waals surface area contributed by atoms with Crippen LogP contribution in [0, 0.1) is 0 Å². The van der Waals surface area contributed by atoms with Crippen LogP contribution in [0.5, 0.6) is 11.5 Å². The van der Waals surface area contributed by atoms with Crippen LogP contribution in [0.4, 0.5) is 11.4 Å². The second-order valence-corrected chi connectivity index (χ2v) is 9.35. The van der Waals surface area contributed by atoms with Crippen molar-refractivity contribution in [2.75, 3.05) is 16.4 Å². The van der Waals surface area contributed by atoms with Crippen LogP contribution >= 0.6 is 0 Å². The number of ether oxygens (including phenoxy) is 2. The molecule has 0 aromatic heterocycles. The van der Waals surface area contributed by atoms with Crippen molar-refractivity contribution >= 4 is 27.3 Å². The van der Waals surface area contributed by atoms with Crippen molar-refractivity contribution in [1.29, 1.82) is 0 Å². The van der Waals surface area contributed by atoms with Gasteiger partial charge in [-0.25, -0.2) is 8.42 Å². The van der Waals surface area contributed by atoms with Crippen LogP contribution in [0.15, 0.2) is 71.6 Å². The van der Waals surface area contributed by atoms with E-state index in [1.807, 2.05) is 31.2 Å². The Balaban J connectivity index is 1.43. The molecule has 1 atom stereocenters. The van der Waals surface area contributed by atoms with Gasteiger partial charge in [0.2, 0.25) is 6.79 Å². The van der Waals surface area contributed by atoms with Gasteiger partial charge in [0.25, 0.3) is 15.9 Å². The van der Waals surface area contributed by atoms with E-state index in [9.17, 15) is 13.2 Å². The Morgan fingerprint density at radius 1 is 1.00 bits per heavy atom. The summed E-state index contributed by atoms with van der Waals surface area (Å²) in [6, 6.07) is 18.5. The SMILES string of the molecule is CC1Cc2ccccc2N1S(=O)(=O)c1cccc(C(=O)Nc2ccc3c(c2)OCO3)c1. The molecule has 0 radical (unpaired) electrons. The van der Waals surface area contributed by atoms with Crippen molar-refractivity contribution in [3.8, 4) is 11.5 Å².